The molecule has 1 aliphatic rings. The van der Waals surface area contributed by atoms with E-state index in [1.165, 1.54) is 5.56 Å². The van der Waals surface area contributed by atoms with E-state index in [9.17, 15) is 0 Å². The van der Waals surface area contributed by atoms with E-state index in [1.807, 2.05) is 12.1 Å². The van der Waals surface area contributed by atoms with Crippen molar-refractivity contribution in [1.82, 2.24) is 19.9 Å². The number of nitrogen functional groups attached to an aromatic ring is 3. The number of nitrogens with two attached hydrogens (primary N) is 3. The van der Waals surface area contributed by atoms with Crippen molar-refractivity contribution in [3.63, 3.8) is 0 Å². The predicted molar refractivity (Wildman–Crippen MR) is 107 cm³/mol. The van der Waals surface area contributed by atoms with E-state index in [2.05, 4.69) is 37.4 Å². The first kappa shape index (κ1) is 17.0. The molecule has 0 saturated heterocycles. The molecule has 4 rings (SSSR count). The van der Waals surface area contributed by atoms with Crippen molar-refractivity contribution in [2.75, 3.05) is 29.1 Å². The summed E-state index contributed by atoms with van der Waals surface area (Å²) in [5.41, 5.74) is 22.0. The van der Waals surface area contributed by atoms with Crippen molar-refractivity contribution >= 4 is 23.5 Å². The highest BCUT2D eigenvalue weighted by molar-refractivity contribution is 5.73. The lowest BCUT2D eigenvalue weighted by atomic mass is 9.91. The van der Waals surface area contributed by atoms with Gasteiger partial charge in [-0.15, -0.1) is 0 Å². The molecule has 1 atom stereocenters. The number of aromatic nitrogens is 4. The van der Waals surface area contributed by atoms with Crippen LogP contribution in [-0.4, -0.2) is 26.5 Å². The zero-order valence-corrected chi connectivity index (χ0v) is 14.9. The minimum atomic E-state index is 0.205. The van der Waals surface area contributed by atoms with Gasteiger partial charge in [-0.1, -0.05) is 24.3 Å². The third-order valence-corrected chi connectivity index (χ3v) is 4.91. The van der Waals surface area contributed by atoms with Crippen molar-refractivity contribution < 1.29 is 0 Å². The van der Waals surface area contributed by atoms with E-state index in [0.717, 1.165) is 42.6 Å². The van der Waals surface area contributed by atoms with Crippen molar-refractivity contribution in [2.24, 2.45) is 0 Å². The summed E-state index contributed by atoms with van der Waals surface area (Å²) in [6, 6.07) is 10.1. The van der Waals surface area contributed by atoms with Crippen LogP contribution in [0.5, 0.6) is 0 Å². The molecular formula is C19H22N8. The summed E-state index contributed by atoms with van der Waals surface area (Å²) in [5.74, 6) is 1.85. The predicted octanol–water partition coefficient (Wildman–Crippen LogP) is 2.21. The van der Waals surface area contributed by atoms with Crippen LogP contribution in [0.4, 0.5) is 23.5 Å². The van der Waals surface area contributed by atoms with Gasteiger partial charge in [0.2, 0.25) is 11.9 Å². The third kappa shape index (κ3) is 3.46. The van der Waals surface area contributed by atoms with E-state index in [1.54, 1.807) is 12.3 Å². The van der Waals surface area contributed by atoms with Gasteiger partial charge in [-0.25, -0.2) is 9.97 Å². The zero-order valence-electron chi connectivity index (χ0n) is 14.9. The summed E-state index contributed by atoms with van der Waals surface area (Å²) in [4.78, 5) is 16.8. The van der Waals surface area contributed by atoms with Crippen LogP contribution < -0.4 is 22.5 Å². The molecular weight excluding hydrogens is 340 g/mol. The second kappa shape index (κ2) is 7.06. The summed E-state index contributed by atoms with van der Waals surface area (Å²) in [6.07, 6.45) is 4.42. The molecule has 0 bridgehead atoms. The van der Waals surface area contributed by atoms with Gasteiger partial charge >= 0.3 is 0 Å². The lowest BCUT2D eigenvalue weighted by molar-refractivity contribution is 0.597. The lowest BCUT2D eigenvalue weighted by Gasteiger charge is -2.19. The summed E-state index contributed by atoms with van der Waals surface area (Å²) < 4.78 is 0. The second-order valence-electron chi connectivity index (χ2n) is 6.64. The Hall–Kier alpha value is -3.42. The van der Waals surface area contributed by atoms with Crippen molar-refractivity contribution in [1.29, 1.82) is 0 Å². The van der Waals surface area contributed by atoms with Gasteiger partial charge in [-0.2, -0.15) is 9.97 Å². The number of rotatable bonds is 4. The molecule has 0 fully saturated rings. The maximum absolute atomic E-state index is 6.27. The molecule has 0 aliphatic heterocycles. The molecule has 0 amide bonds. The topological polar surface area (TPSA) is 142 Å². The molecule has 2 aromatic heterocycles. The molecule has 8 heteroatoms. The molecule has 1 aromatic carbocycles. The highest BCUT2D eigenvalue weighted by Crippen LogP contribution is 2.41. The molecule has 27 heavy (non-hydrogen) atoms. The van der Waals surface area contributed by atoms with Gasteiger partial charge in [0.05, 0.1) is 5.69 Å². The Labute approximate surface area is 157 Å². The van der Waals surface area contributed by atoms with Gasteiger partial charge in [0.15, 0.2) is 0 Å². The average molecular weight is 362 g/mol. The third-order valence-electron chi connectivity index (χ3n) is 4.91. The summed E-state index contributed by atoms with van der Waals surface area (Å²) >= 11 is 0. The molecule has 8 nitrogen and oxygen atoms in total. The fraction of sp³-hybridized carbons (Fsp3) is 0.263. The monoisotopic (exact) mass is 362 g/mol. The SMILES string of the molecule is Nc1nccc(NCCC2CCc3ccccc3-c3nc(N)nc(N)c32)n1. The number of nitrogens with zero attached hydrogens (tertiary/aromatic N) is 4. The Kier molecular flexibility index (Phi) is 4.45. The molecule has 0 saturated carbocycles. The Balaban J connectivity index is 1.62. The first-order valence-electron chi connectivity index (χ1n) is 8.95. The number of hydrogen-bond donors (Lipinski definition) is 4. The fourth-order valence-corrected chi connectivity index (χ4v) is 3.69. The maximum Gasteiger partial charge on any atom is 0.222 e. The highest BCUT2D eigenvalue weighted by Gasteiger charge is 2.26. The summed E-state index contributed by atoms with van der Waals surface area (Å²) in [5, 5.41) is 3.30. The van der Waals surface area contributed by atoms with Crippen LogP contribution in [0.15, 0.2) is 36.5 Å². The minimum absolute atomic E-state index is 0.205. The van der Waals surface area contributed by atoms with E-state index >= 15 is 0 Å². The Bertz CT molecular complexity index is 972. The first-order valence-corrected chi connectivity index (χ1v) is 8.95. The number of anilines is 4. The normalized spacial score (nSPS) is 15.5. The van der Waals surface area contributed by atoms with Crippen LogP contribution in [0, 0.1) is 0 Å². The van der Waals surface area contributed by atoms with Gasteiger partial charge < -0.3 is 22.5 Å². The van der Waals surface area contributed by atoms with Gasteiger partial charge in [-0.05, 0) is 36.8 Å². The van der Waals surface area contributed by atoms with E-state index in [-0.39, 0.29) is 17.8 Å². The number of hydrogen-bond acceptors (Lipinski definition) is 8. The van der Waals surface area contributed by atoms with Crippen LogP contribution >= 0.6 is 0 Å². The van der Waals surface area contributed by atoms with E-state index in [4.69, 9.17) is 17.2 Å². The van der Waals surface area contributed by atoms with Gasteiger partial charge in [0, 0.05) is 23.9 Å². The first-order chi connectivity index (χ1) is 13.1. The summed E-state index contributed by atoms with van der Waals surface area (Å²) in [7, 11) is 0. The van der Waals surface area contributed by atoms with Gasteiger partial charge in [0.1, 0.15) is 11.6 Å². The van der Waals surface area contributed by atoms with Crippen molar-refractivity contribution in [2.45, 2.75) is 25.2 Å². The largest absolute Gasteiger partial charge is 0.383 e. The summed E-state index contributed by atoms with van der Waals surface area (Å²) in [6.45, 7) is 0.723. The Morgan fingerprint density at radius 1 is 1.00 bits per heavy atom. The van der Waals surface area contributed by atoms with Gasteiger partial charge in [0.25, 0.3) is 0 Å². The van der Waals surface area contributed by atoms with Crippen molar-refractivity contribution in [3.8, 4) is 11.3 Å². The fourth-order valence-electron chi connectivity index (χ4n) is 3.69. The van der Waals surface area contributed by atoms with Crippen LogP contribution in [0.25, 0.3) is 11.3 Å². The van der Waals surface area contributed by atoms with Crippen LogP contribution in [0.2, 0.25) is 0 Å². The molecule has 3 aromatic rings. The average Bonchev–Trinajstić information content (AvgIpc) is 2.80. The van der Waals surface area contributed by atoms with E-state index < -0.39 is 0 Å². The second-order valence-corrected chi connectivity index (χ2v) is 6.64. The molecule has 0 spiro atoms. The standard InChI is InChI=1S/C19H22N8/c20-17-15-12(7-9-23-14-8-10-24-18(21)25-14)6-5-11-3-1-2-4-13(11)16(15)26-19(22)27-17/h1-4,8,10,12H,5-7,9H2,(H4,20,22,26,27)(H3,21,23,24,25). The number of fused-ring (bicyclic) bond motifs is 3. The van der Waals surface area contributed by atoms with Crippen LogP contribution in [-0.2, 0) is 6.42 Å². The van der Waals surface area contributed by atoms with E-state index in [0.29, 0.717) is 11.6 Å². The molecule has 1 unspecified atom stereocenters. The maximum atomic E-state index is 6.27. The Morgan fingerprint density at radius 2 is 1.85 bits per heavy atom. The molecule has 1 aliphatic carbocycles. The number of benzene rings is 1. The number of aryl methyl sites for hydroxylation is 1. The smallest absolute Gasteiger partial charge is 0.222 e. The quantitative estimate of drug-likeness (QED) is 0.553. The zero-order chi connectivity index (χ0) is 18.8. The molecule has 7 N–H and O–H groups in total. The molecule has 138 valence electrons. The highest BCUT2D eigenvalue weighted by atomic mass is 15.1. The lowest BCUT2D eigenvalue weighted by Crippen LogP contribution is -2.14. The molecule has 2 heterocycles. The van der Waals surface area contributed by atoms with Crippen LogP contribution in [0.3, 0.4) is 0 Å². The van der Waals surface area contributed by atoms with Gasteiger partial charge in [-0.3, -0.25) is 0 Å². The Morgan fingerprint density at radius 3 is 2.70 bits per heavy atom. The van der Waals surface area contributed by atoms with Crippen molar-refractivity contribution in [3.05, 3.63) is 47.7 Å². The minimum Gasteiger partial charge on any atom is -0.383 e. The van der Waals surface area contributed by atoms with Crippen LogP contribution in [0.1, 0.15) is 29.9 Å². The molecule has 0 radical (unpaired) electrons. The number of nitrogens with one attached hydrogen (secondary N) is 1.